The van der Waals surface area contributed by atoms with Crippen LogP contribution in [0.4, 0.5) is 0 Å². The van der Waals surface area contributed by atoms with Crippen LogP contribution >= 0.6 is 0 Å². The van der Waals surface area contributed by atoms with E-state index < -0.39 is 6.10 Å². The molecule has 2 atom stereocenters. The molecule has 342 valence electrons. The molecule has 0 saturated carbocycles. The van der Waals surface area contributed by atoms with E-state index in [-0.39, 0.29) is 6.10 Å². The van der Waals surface area contributed by atoms with E-state index in [0.29, 0.717) is 56.7 Å². The molecular formula is C59H70O6. The second-order valence-electron chi connectivity index (χ2n) is 17.4. The van der Waals surface area contributed by atoms with Gasteiger partial charge in [0.15, 0.2) is 17.6 Å². The maximum absolute atomic E-state index is 7.10. The maximum Gasteiger partial charge on any atom is 0.162 e. The van der Waals surface area contributed by atoms with Gasteiger partial charge in [0.2, 0.25) is 0 Å². The zero-order chi connectivity index (χ0) is 44.6. The number of unbranched alkanes of at least 4 members (excludes halogenated alkanes) is 13. The molecule has 0 unspecified atom stereocenters. The van der Waals surface area contributed by atoms with E-state index in [2.05, 4.69) is 67.6 Å². The van der Waals surface area contributed by atoms with E-state index >= 15 is 0 Å². The molecule has 1 heterocycles. The van der Waals surface area contributed by atoms with Crippen LogP contribution in [0.2, 0.25) is 0 Å². The Morgan fingerprint density at radius 1 is 0.431 bits per heavy atom. The molecule has 0 N–H and O–H groups in total. The van der Waals surface area contributed by atoms with Crippen LogP contribution in [0, 0.1) is 0 Å². The Morgan fingerprint density at radius 3 is 1.38 bits per heavy atom. The highest BCUT2D eigenvalue weighted by Crippen LogP contribution is 2.45. The minimum absolute atomic E-state index is 0.266. The lowest BCUT2D eigenvalue weighted by atomic mass is 9.93. The minimum atomic E-state index is -0.414. The summed E-state index contributed by atoms with van der Waals surface area (Å²) >= 11 is 0. The van der Waals surface area contributed by atoms with E-state index in [9.17, 15) is 0 Å². The van der Waals surface area contributed by atoms with Gasteiger partial charge in [0.25, 0.3) is 0 Å². The third-order valence-electron chi connectivity index (χ3n) is 12.2. The lowest BCUT2D eigenvalue weighted by Crippen LogP contribution is -2.33. The first-order valence-corrected chi connectivity index (χ1v) is 24.5. The topological polar surface area (TPSA) is 55.4 Å². The van der Waals surface area contributed by atoms with Gasteiger partial charge in [0.05, 0.1) is 0 Å². The third kappa shape index (κ3) is 15.7. The van der Waals surface area contributed by atoms with Gasteiger partial charge in [0, 0.05) is 30.7 Å². The van der Waals surface area contributed by atoms with Gasteiger partial charge in [0.1, 0.15) is 49.8 Å². The van der Waals surface area contributed by atoms with Gasteiger partial charge in [-0.1, -0.05) is 218 Å². The number of hydrogen-bond acceptors (Lipinski definition) is 6. The van der Waals surface area contributed by atoms with Crippen molar-refractivity contribution in [3.05, 3.63) is 185 Å². The molecule has 65 heavy (non-hydrogen) atoms. The fraction of sp³-hybridized carbons (Fsp3) is 0.390. The summed E-state index contributed by atoms with van der Waals surface area (Å²) in [7, 11) is 0. The minimum Gasteiger partial charge on any atom is -0.489 e. The smallest absolute Gasteiger partial charge is 0.162 e. The first-order chi connectivity index (χ1) is 32.2. The van der Waals surface area contributed by atoms with Gasteiger partial charge in [-0.05, 0) is 46.4 Å². The van der Waals surface area contributed by atoms with Crippen molar-refractivity contribution >= 4 is 0 Å². The Labute approximate surface area is 389 Å². The van der Waals surface area contributed by atoms with Crippen molar-refractivity contribution in [2.75, 3.05) is 6.61 Å². The molecular weight excluding hydrogens is 805 g/mol. The molecule has 0 amide bonds. The van der Waals surface area contributed by atoms with Gasteiger partial charge in [-0.2, -0.15) is 0 Å². The SMILES string of the molecule is CCCCCCCCCCCCCCCCO[C@H]1Cc2c(OCc3ccccc3)cc(OCc3ccccc3)cc2O[C@@H]1c1ccc(OCc2ccccc2)c(OCc2ccccc2)c1. The molecule has 0 radical (unpaired) electrons. The molecule has 0 bridgehead atoms. The van der Waals surface area contributed by atoms with Crippen LogP contribution in [-0.4, -0.2) is 12.7 Å². The molecule has 0 fully saturated rings. The van der Waals surface area contributed by atoms with Crippen LogP contribution in [0.15, 0.2) is 152 Å². The first kappa shape index (κ1) is 47.2. The first-order valence-electron chi connectivity index (χ1n) is 24.5. The molecule has 0 aliphatic carbocycles. The van der Waals surface area contributed by atoms with Crippen molar-refractivity contribution in [2.45, 2.75) is 142 Å². The number of fused-ring (bicyclic) bond motifs is 1. The Morgan fingerprint density at radius 2 is 0.877 bits per heavy atom. The average molecular weight is 875 g/mol. The van der Waals surface area contributed by atoms with E-state index in [1.54, 1.807) is 0 Å². The second-order valence-corrected chi connectivity index (χ2v) is 17.4. The van der Waals surface area contributed by atoms with Gasteiger partial charge in [-0.3, -0.25) is 0 Å². The highest BCUT2D eigenvalue weighted by molar-refractivity contribution is 5.53. The molecule has 0 spiro atoms. The van der Waals surface area contributed by atoms with E-state index in [0.717, 1.165) is 57.7 Å². The number of benzene rings is 6. The summed E-state index contributed by atoms with van der Waals surface area (Å²) in [6, 6.07) is 51.1. The molecule has 6 aromatic carbocycles. The van der Waals surface area contributed by atoms with Crippen LogP contribution in [0.5, 0.6) is 28.7 Å². The molecule has 6 aromatic rings. The van der Waals surface area contributed by atoms with Crippen LogP contribution in [0.1, 0.15) is 136 Å². The summed E-state index contributed by atoms with van der Waals surface area (Å²) < 4.78 is 40.0. The van der Waals surface area contributed by atoms with Crippen LogP contribution < -0.4 is 23.7 Å². The molecule has 1 aliphatic heterocycles. The Balaban J connectivity index is 1.08. The van der Waals surface area contributed by atoms with Crippen molar-refractivity contribution in [1.82, 2.24) is 0 Å². The van der Waals surface area contributed by atoms with Gasteiger partial charge < -0.3 is 28.4 Å². The van der Waals surface area contributed by atoms with Crippen LogP contribution in [0.25, 0.3) is 0 Å². The van der Waals surface area contributed by atoms with Gasteiger partial charge in [-0.15, -0.1) is 0 Å². The highest BCUT2D eigenvalue weighted by atomic mass is 16.5. The van der Waals surface area contributed by atoms with Crippen molar-refractivity contribution in [2.24, 2.45) is 0 Å². The quantitative estimate of drug-likeness (QED) is 0.0438. The van der Waals surface area contributed by atoms with Crippen LogP contribution in [0.3, 0.4) is 0 Å². The number of rotatable bonds is 29. The normalized spacial score (nSPS) is 14.3. The summed E-state index contributed by atoms with van der Waals surface area (Å²) in [6.45, 7) is 4.64. The zero-order valence-electron chi connectivity index (χ0n) is 38.7. The summed E-state index contributed by atoms with van der Waals surface area (Å²) in [4.78, 5) is 0. The van der Waals surface area contributed by atoms with Crippen molar-refractivity contribution < 1.29 is 28.4 Å². The highest BCUT2D eigenvalue weighted by Gasteiger charge is 2.35. The van der Waals surface area contributed by atoms with Crippen LogP contribution in [-0.2, 0) is 37.6 Å². The fourth-order valence-electron chi connectivity index (χ4n) is 8.48. The van der Waals surface area contributed by atoms with Crippen molar-refractivity contribution in [3.8, 4) is 28.7 Å². The standard InChI is InChI=1S/C59H70O6/c1-2-3-4-5-6-7-8-9-10-11-12-13-14-27-38-60-58-42-53-55(63-45-49-32-23-17-24-33-49)40-52(61-43-47-28-19-15-20-29-47)41-56(53)65-59(58)51-36-37-54(62-44-48-30-21-16-22-31-48)57(39-51)64-46-50-34-25-18-26-35-50/h15-26,28-37,39-41,58-59H,2-14,27,38,42-46H2,1H3/t58-,59+/m0/s1. The predicted octanol–water partition coefficient (Wildman–Crippen LogP) is 15.5. The molecule has 7 rings (SSSR count). The molecule has 1 aliphatic rings. The van der Waals surface area contributed by atoms with E-state index in [1.165, 1.54) is 77.0 Å². The molecule has 0 aromatic heterocycles. The average Bonchev–Trinajstić information content (AvgIpc) is 3.36. The summed E-state index contributed by atoms with van der Waals surface area (Å²) in [5.41, 5.74) is 6.29. The summed E-state index contributed by atoms with van der Waals surface area (Å²) in [5, 5.41) is 0. The largest absolute Gasteiger partial charge is 0.489 e. The fourth-order valence-corrected chi connectivity index (χ4v) is 8.48. The summed E-state index contributed by atoms with van der Waals surface area (Å²) in [6.07, 6.45) is 18.4. The van der Waals surface area contributed by atoms with E-state index in [4.69, 9.17) is 28.4 Å². The van der Waals surface area contributed by atoms with Crippen molar-refractivity contribution in [3.63, 3.8) is 0 Å². The maximum atomic E-state index is 7.10. The second kappa shape index (κ2) is 26.9. The zero-order valence-corrected chi connectivity index (χ0v) is 38.7. The Hall–Kier alpha value is -5.72. The third-order valence-corrected chi connectivity index (χ3v) is 12.2. The lowest BCUT2D eigenvalue weighted by Gasteiger charge is -2.35. The monoisotopic (exact) mass is 875 g/mol. The number of ether oxygens (including phenoxy) is 6. The molecule has 0 saturated heterocycles. The lowest BCUT2D eigenvalue weighted by molar-refractivity contribution is -0.0395. The van der Waals surface area contributed by atoms with Gasteiger partial charge >= 0.3 is 0 Å². The van der Waals surface area contributed by atoms with E-state index in [1.807, 2.05) is 91.0 Å². The molecule has 6 heteroatoms. The Bertz CT molecular complexity index is 2210. The summed E-state index contributed by atoms with van der Waals surface area (Å²) in [5.74, 6) is 3.51. The van der Waals surface area contributed by atoms with Gasteiger partial charge in [-0.25, -0.2) is 0 Å². The Kier molecular flexibility index (Phi) is 19.6. The predicted molar refractivity (Wildman–Crippen MR) is 263 cm³/mol. The number of hydrogen-bond donors (Lipinski definition) is 0. The van der Waals surface area contributed by atoms with Crippen molar-refractivity contribution in [1.29, 1.82) is 0 Å². The molecule has 6 nitrogen and oxygen atoms in total.